The molecule has 2 rings (SSSR count). The number of benzene rings is 1. The van der Waals surface area contributed by atoms with Crippen LogP contribution in [0.25, 0.3) is 11.3 Å². The van der Waals surface area contributed by atoms with Gasteiger partial charge in [0.15, 0.2) is 0 Å². The summed E-state index contributed by atoms with van der Waals surface area (Å²) in [7, 11) is 3.63. The van der Waals surface area contributed by atoms with E-state index in [4.69, 9.17) is 21.1 Å². The second-order valence-corrected chi connectivity index (χ2v) is 7.66. The van der Waals surface area contributed by atoms with Crippen molar-refractivity contribution in [3.63, 3.8) is 0 Å². The van der Waals surface area contributed by atoms with Gasteiger partial charge in [0.25, 0.3) is 5.92 Å². The molecule has 0 aliphatic rings. The van der Waals surface area contributed by atoms with E-state index in [1.165, 1.54) is 6.07 Å². The summed E-state index contributed by atoms with van der Waals surface area (Å²) in [6.07, 6.45) is 4.57. The van der Waals surface area contributed by atoms with E-state index in [1.54, 1.807) is 19.4 Å². The van der Waals surface area contributed by atoms with E-state index in [0.717, 1.165) is 31.9 Å². The van der Waals surface area contributed by atoms with Crippen molar-refractivity contribution < 1.29 is 18.3 Å². The van der Waals surface area contributed by atoms with Gasteiger partial charge in [0.05, 0.1) is 23.5 Å². The largest absolute Gasteiger partial charge is 0.492 e. The molecule has 0 aliphatic carbocycles. The topological polar surface area (TPSA) is 50.4 Å². The van der Waals surface area contributed by atoms with Crippen molar-refractivity contribution in [3.8, 4) is 17.0 Å². The van der Waals surface area contributed by atoms with E-state index >= 15 is 0 Å². The van der Waals surface area contributed by atoms with Crippen LogP contribution in [-0.2, 0) is 17.2 Å². The number of H-pyrrole nitrogens is 1. The predicted molar refractivity (Wildman–Crippen MR) is 112 cm³/mol. The van der Waals surface area contributed by atoms with E-state index < -0.39 is 5.92 Å². The first kappa shape index (κ1) is 23.6. The number of nitrogens with zero attached hydrogens (tertiary/aromatic N) is 2. The lowest BCUT2D eigenvalue weighted by Gasteiger charge is -2.19. The number of nitrogens with one attached hydrogen (secondary N) is 1. The van der Waals surface area contributed by atoms with E-state index in [0.29, 0.717) is 37.4 Å². The van der Waals surface area contributed by atoms with Crippen molar-refractivity contribution >= 4 is 11.6 Å². The van der Waals surface area contributed by atoms with Gasteiger partial charge in [0.1, 0.15) is 5.75 Å². The molecule has 0 spiro atoms. The van der Waals surface area contributed by atoms with Crippen LogP contribution in [0, 0.1) is 0 Å². The summed E-state index contributed by atoms with van der Waals surface area (Å²) in [6.45, 7) is 5.43. The molecule has 0 fully saturated rings. The molecule has 1 heterocycles. The number of hydrogen-bond donors (Lipinski definition) is 1. The summed E-state index contributed by atoms with van der Waals surface area (Å²) in [4.78, 5) is 2.19. The maximum absolute atomic E-state index is 14.2. The molecule has 5 nitrogen and oxygen atoms in total. The zero-order chi connectivity index (χ0) is 21.4. The molecule has 1 N–H and O–H groups in total. The highest BCUT2D eigenvalue weighted by Gasteiger charge is 2.30. The van der Waals surface area contributed by atoms with Crippen molar-refractivity contribution in [2.75, 3.05) is 33.9 Å². The van der Waals surface area contributed by atoms with E-state index in [9.17, 15) is 8.78 Å². The molecule has 0 bridgehead atoms. The van der Waals surface area contributed by atoms with Gasteiger partial charge in [-0.3, -0.25) is 5.10 Å². The fourth-order valence-corrected chi connectivity index (χ4v) is 3.36. The Hall–Kier alpha value is -1.70. The Bertz CT molecular complexity index is 778. The Morgan fingerprint density at radius 1 is 1.24 bits per heavy atom. The normalized spacial score (nSPS) is 12.0. The molecule has 1 aromatic heterocycles. The minimum atomic E-state index is -3.10. The van der Waals surface area contributed by atoms with Crippen molar-refractivity contribution in [1.82, 2.24) is 15.1 Å². The lowest BCUT2D eigenvalue weighted by molar-refractivity contribution is 0.0173. The summed E-state index contributed by atoms with van der Waals surface area (Å²) in [5.74, 6) is -2.87. The Morgan fingerprint density at radius 2 is 2.00 bits per heavy atom. The Balaban J connectivity index is 2.36. The number of unbranched alkanes of at least 4 members (excludes halogenated alkanes) is 1. The second kappa shape index (κ2) is 10.9. The van der Waals surface area contributed by atoms with Gasteiger partial charge < -0.3 is 14.4 Å². The Morgan fingerprint density at radius 3 is 2.66 bits per heavy atom. The maximum Gasteiger partial charge on any atom is 0.272 e. The summed E-state index contributed by atoms with van der Waals surface area (Å²) in [5.41, 5.74) is 1.93. The molecule has 0 atom stereocenters. The van der Waals surface area contributed by atoms with E-state index in [2.05, 4.69) is 22.0 Å². The van der Waals surface area contributed by atoms with Gasteiger partial charge in [-0.25, -0.2) is 8.78 Å². The van der Waals surface area contributed by atoms with Crippen LogP contribution < -0.4 is 4.74 Å². The molecule has 0 amide bonds. The Labute approximate surface area is 176 Å². The number of aromatic nitrogens is 2. The van der Waals surface area contributed by atoms with Crippen LogP contribution in [0.3, 0.4) is 0 Å². The van der Waals surface area contributed by atoms with Crippen LogP contribution >= 0.6 is 11.6 Å². The van der Waals surface area contributed by atoms with Crippen LogP contribution in [-0.4, -0.2) is 49.0 Å². The number of rotatable bonds is 12. The van der Waals surface area contributed by atoms with Gasteiger partial charge in [-0.1, -0.05) is 24.9 Å². The summed E-state index contributed by atoms with van der Waals surface area (Å²) in [6, 6.07) is 3.10. The lowest BCUT2D eigenvalue weighted by atomic mass is 10.0. The highest BCUT2D eigenvalue weighted by Crippen LogP contribution is 2.41. The van der Waals surface area contributed by atoms with Gasteiger partial charge in [0, 0.05) is 50.3 Å². The van der Waals surface area contributed by atoms with Crippen LogP contribution in [0.15, 0.2) is 18.3 Å². The fourth-order valence-electron chi connectivity index (χ4n) is 3.03. The lowest BCUT2D eigenvalue weighted by Crippen LogP contribution is -2.19. The monoisotopic (exact) mass is 429 g/mol. The molecule has 0 aliphatic heterocycles. The van der Waals surface area contributed by atoms with Crippen LogP contribution in [0.1, 0.15) is 44.2 Å². The third kappa shape index (κ3) is 6.66. The van der Waals surface area contributed by atoms with Crippen LogP contribution in [0.2, 0.25) is 5.02 Å². The molecule has 29 heavy (non-hydrogen) atoms. The molecule has 0 radical (unpaired) electrons. The SMILES string of the molecule is CCCCN(C)Cc1cn[nH]c1-c1cc(OCCCOC)c(Cl)c(C(C)(F)F)c1. The number of methoxy groups -OCH3 is 1. The maximum atomic E-state index is 14.2. The highest BCUT2D eigenvalue weighted by atomic mass is 35.5. The zero-order valence-electron chi connectivity index (χ0n) is 17.5. The first-order valence-electron chi connectivity index (χ1n) is 9.82. The summed E-state index contributed by atoms with van der Waals surface area (Å²) < 4.78 is 39.1. The average molecular weight is 430 g/mol. The van der Waals surface area contributed by atoms with Gasteiger partial charge in [0.2, 0.25) is 0 Å². The molecule has 0 unspecified atom stereocenters. The number of hydrogen-bond acceptors (Lipinski definition) is 4. The molecule has 0 saturated carbocycles. The first-order chi connectivity index (χ1) is 13.8. The summed E-state index contributed by atoms with van der Waals surface area (Å²) >= 11 is 6.25. The first-order valence-corrected chi connectivity index (χ1v) is 10.2. The van der Waals surface area contributed by atoms with Gasteiger partial charge >= 0.3 is 0 Å². The zero-order valence-corrected chi connectivity index (χ0v) is 18.3. The van der Waals surface area contributed by atoms with Gasteiger partial charge in [-0.05, 0) is 32.1 Å². The van der Waals surface area contributed by atoms with Crippen molar-refractivity contribution in [1.29, 1.82) is 0 Å². The molecular weight excluding hydrogens is 400 g/mol. The standard InChI is InChI=1S/C21H30ClF2N3O2/c1-5-6-8-27(3)14-16-13-25-26-20(16)15-11-17(21(2,23)24)19(22)18(12-15)29-10-7-9-28-4/h11-13H,5-10,14H2,1-4H3,(H,25,26). The van der Waals surface area contributed by atoms with Crippen molar-refractivity contribution in [2.45, 2.75) is 45.6 Å². The quantitative estimate of drug-likeness (QED) is 0.453. The smallest absolute Gasteiger partial charge is 0.272 e. The number of alkyl halides is 2. The third-order valence-corrected chi connectivity index (χ3v) is 4.99. The van der Waals surface area contributed by atoms with Crippen LogP contribution in [0.5, 0.6) is 5.75 Å². The molecule has 8 heteroatoms. The predicted octanol–water partition coefficient (Wildman–Crippen LogP) is 5.49. The number of halogens is 3. The average Bonchev–Trinajstić information content (AvgIpc) is 3.11. The highest BCUT2D eigenvalue weighted by molar-refractivity contribution is 6.33. The van der Waals surface area contributed by atoms with Crippen LogP contribution in [0.4, 0.5) is 8.78 Å². The number of ether oxygens (including phenoxy) is 2. The molecular formula is C21H30ClF2N3O2. The van der Waals surface area contributed by atoms with Crippen molar-refractivity contribution in [2.24, 2.45) is 0 Å². The number of aromatic amines is 1. The molecule has 1 aromatic carbocycles. The minimum absolute atomic E-state index is 0.0696. The van der Waals surface area contributed by atoms with Gasteiger partial charge in [-0.2, -0.15) is 5.10 Å². The fraction of sp³-hybridized carbons (Fsp3) is 0.571. The van der Waals surface area contributed by atoms with E-state index in [-0.39, 0.29) is 16.3 Å². The second-order valence-electron chi connectivity index (χ2n) is 7.28. The van der Waals surface area contributed by atoms with Crippen molar-refractivity contribution in [3.05, 3.63) is 34.5 Å². The Kier molecular flexibility index (Phi) is 8.86. The third-order valence-electron chi connectivity index (χ3n) is 4.60. The summed E-state index contributed by atoms with van der Waals surface area (Å²) in [5, 5.41) is 7.01. The molecule has 2 aromatic rings. The molecule has 0 saturated heterocycles. The minimum Gasteiger partial charge on any atom is -0.492 e. The van der Waals surface area contributed by atoms with Gasteiger partial charge in [-0.15, -0.1) is 0 Å². The molecule has 162 valence electrons. The van der Waals surface area contributed by atoms with E-state index in [1.807, 2.05) is 7.05 Å².